The van der Waals surface area contributed by atoms with Crippen LogP contribution in [0.2, 0.25) is 0 Å². The van der Waals surface area contributed by atoms with Crippen molar-refractivity contribution in [3.8, 4) is 0 Å². The number of hydrogen-bond donors (Lipinski definition) is 2. The maximum Gasteiger partial charge on any atom is 0.0532 e. The molecule has 2 rings (SSSR count). The molecule has 5 nitrogen and oxygen atoms in total. The summed E-state index contributed by atoms with van der Waals surface area (Å²) in [6, 6.07) is 2.05. The predicted octanol–water partition coefficient (Wildman–Crippen LogP) is 1.31. The van der Waals surface area contributed by atoms with Crippen LogP contribution >= 0.6 is 0 Å². The molecule has 2 N–H and O–H groups in total. The second-order valence-electron chi connectivity index (χ2n) is 3.76. The van der Waals surface area contributed by atoms with Crippen LogP contribution in [-0.2, 0) is 19.6 Å². The first kappa shape index (κ1) is 10.9. The molecule has 0 saturated carbocycles. The topological polar surface area (TPSA) is 58.5 Å². The Balaban J connectivity index is 1.82. The molecule has 16 heavy (non-hydrogen) atoms. The quantitative estimate of drug-likeness (QED) is 0.770. The number of aryl methyl sites for hydroxylation is 1. The third-order valence-electron chi connectivity index (χ3n) is 2.43. The maximum absolute atomic E-state index is 4.28. The summed E-state index contributed by atoms with van der Waals surface area (Å²) in [6.07, 6.45) is 6.69. The number of nitrogens with zero attached hydrogens (tertiary/aromatic N) is 3. The Morgan fingerprint density at radius 1 is 1.44 bits per heavy atom. The number of aromatic nitrogens is 4. The molecule has 0 unspecified atom stereocenters. The fraction of sp³-hybridized carbons (Fsp3) is 0.455. The Labute approximate surface area is 94.9 Å². The minimum Gasteiger partial charge on any atom is -0.307 e. The van der Waals surface area contributed by atoms with Gasteiger partial charge in [-0.2, -0.15) is 10.2 Å². The minimum atomic E-state index is 0.827. The van der Waals surface area contributed by atoms with E-state index in [0.717, 1.165) is 26.1 Å². The zero-order valence-corrected chi connectivity index (χ0v) is 9.48. The van der Waals surface area contributed by atoms with Gasteiger partial charge in [0.25, 0.3) is 0 Å². The lowest BCUT2D eigenvalue weighted by atomic mass is 10.3. The molecule has 2 heterocycles. The van der Waals surface area contributed by atoms with Crippen LogP contribution in [0.1, 0.15) is 24.6 Å². The SMILES string of the molecule is CCCn1nccc1CNCc1cn[nH]c1. The van der Waals surface area contributed by atoms with E-state index in [1.807, 2.05) is 23.3 Å². The van der Waals surface area contributed by atoms with Crippen LogP contribution in [0.25, 0.3) is 0 Å². The van der Waals surface area contributed by atoms with Gasteiger partial charge in [-0.15, -0.1) is 0 Å². The Morgan fingerprint density at radius 3 is 3.12 bits per heavy atom. The van der Waals surface area contributed by atoms with Gasteiger partial charge < -0.3 is 5.32 Å². The zero-order chi connectivity index (χ0) is 11.2. The van der Waals surface area contributed by atoms with Crippen LogP contribution in [0.4, 0.5) is 0 Å². The van der Waals surface area contributed by atoms with E-state index in [-0.39, 0.29) is 0 Å². The summed E-state index contributed by atoms with van der Waals surface area (Å²) >= 11 is 0. The Bertz CT molecular complexity index is 404. The number of H-pyrrole nitrogens is 1. The highest BCUT2D eigenvalue weighted by Gasteiger charge is 2.01. The second-order valence-corrected chi connectivity index (χ2v) is 3.76. The fourth-order valence-electron chi connectivity index (χ4n) is 1.63. The van der Waals surface area contributed by atoms with Crippen molar-refractivity contribution in [2.45, 2.75) is 33.0 Å². The molecule has 86 valence electrons. The average Bonchev–Trinajstić information content (AvgIpc) is 2.91. The molecule has 0 aliphatic carbocycles. The average molecular weight is 219 g/mol. The lowest BCUT2D eigenvalue weighted by Crippen LogP contribution is -2.16. The minimum absolute atomic E-state index is 0.827. The van der Waals surface area contributed by atoms with Gasteiger partial charge in [0, 0.05) is 37.6 Å². The highest BCUT2D eigenvalue weighted by atomic mass is 15.3. The van der Waals surface area contributed by atoms with Crippen LogP contribution in [0.5, 0.6) is 0 Å². The van der Waals surface area contributed by atoms with Gasteiger partial charge in [-0.1, -0.05) is 6.92 Å². The fourth-order valence-corrected chi connectivity index (χ4v) is 1.63. The lowest BCUT2D eigenvalue weighted by Gasteiger charge is -2.06. The summed E-state index contributed by atoms with van der Waals surface area (Å²) < 4.78 is 2.04. The van der Waals surface area contributed by atoms with Gasteiger partial charge in [0.05, 0.1) is 11.9 Å². The van der Waals surface area contributed by atoms with E-state index >= 15 is 0 Å². The Hall–Kier alpha value is -1.62. The highest BCUT2D eigenvalue weighted by molar-refractivity contribution is 5.04. The van der Waals surface area contributed by atoms with Crippen molar-refractivity contribution in [2.24, 2.45) is 0 Å². The molecular weight excluding hydrogens is 202 g/mol. The molecular formula is C11H17N5. The molecule has 0 atom stereocenters. The van der Waals surface area contributed by atoms with E-state index in [9.17, 15) is 0 Å². The van der Waals surface area contributed by atoms with Gasteiger partial charge in [-0.05, 0) is 12.5 Å². The summed E-state index contributed by atoms with van der Waals surface area (Å²) in [4.78, 5) is 0. The zero-order valence-electron chi connectivity index (χ0n) is 9.48. The van der Waals surface area contributed by atoms with Gasteiger partial charge >= 0.3 is 0 Å². The predicted molar refractivity (Wildman–Crippen MR) is 61.6 cm³/mol. The van der Waals surface area contributed by atoms with Gasteiger partial charge in [0.15, 0.2) is 0 Å². The molecule has 0 amide bonds. The third kappa shape index (κ3) is 2.70. The van der Waals surface area contributed by atoms with Gasteiger partial charge in [0.2, 0.25) is 0 Å². The van der Waals surface area contributed by atoms with Crippen molar-refractivity contribution in [1.82, 2.24) is 25.3 Å². The molecule has 5 heteroatoms. The summed E-state index contributed by atoms with van der Waals surface area (Å²) in [5, 5.41) is 14.3. The van der Waals surface area contributed by atoms with Crippen LogP contribution in [-0.4, -0.2) is 20.0 Å². The standard InChI is InChI=1S/C11H17N5/c1-2-5-16-11(3-4-15-16)9-12-6-10-7-13-14-8-10/h3-4,7-8,12H,2,5-6,9H2,1H3,(H,13,14). The molecule has 0 aliphatic rings. The summed E-state index contributed by atoms with van der Waals surface area (Å²) in [6.45, 7) is 4.80. The molecule has 0 aliphatic heterocycles. The van der Waals surface area contributed by atoms with Crippen LogP contribution < -0.4 is 5.32 Å². The normalized spacial score (nSPS) is 10.8. The van der Waals surface area contributed by atoms with Crippen molar-refractivity contribution in [1.29, 1.82) is 0 Å². The van der Waals surface area contributed by atoms with Crippen LogP contribution in [0.3, 0.4) is 0 Å². The smallest absolute Gasteiger partial charge is 0.0532 e. The van der Waals surface area contributed by atoms with Crippen molar-refractivity contribution < 1.29 is 0 Å². The van der Waals surface area contributed by atoms with E-state index in [1.165, 1.54) is 11.3 Å². The van der Waals surface area contributed by atoms with Crippen molar-refractivity contribution in [3.05, 3.63) is 35.9 Å². The Kier molecular flexibility index (Phi) is 3.71. The number of nitrogens with one attached hydrogen (secondary N) is 2. The van der Waals surface area contributed by atoms with Crippen molar-refractivity contribution in [2.75, 3.05) is 0 Å². The lowest BCUT2D eigenvalue weighted by molar-refractivity contribution is 0.549. The molecule has 2 aromatic heterocycles. The first-order valence-corrected chi connectivity index (χ1v) is 5.59. The van der Waals surface area contributed by atoms with Gasteiger partial charge in [-0.25, -0.2) is 0 Å². The molecule has 0 spiro atoms. The molecule has 0 bridgehead atoms. The summed E-state index contributed by atoms with van der Waals surface area (Å²) in [5.74, 6) is 0. The first-order valence-electron chi connectivity index (χ1n) is 5.59. The number of hydrogen-bond acceptors (Lipinski definition) is 3. The number of aromatic amines is 1. The first-order chi connectivity index (χ1) is 7.90. The van der Waals surface area contributed by atoms with Crippen molar-refractivity contribution >= 4 is 0 Å². The van der Waals surface area contributed by atoms with Gasteiger partial charge in [-0.3, -0.25) is 9.78 Å². The molecule has 0 aromatic carbocycles. The van der Waals surface area contributed by atoms with E-state index < -0.39 is 0 Å². The molecule has 0 saturated heterocycles. The molecule has 0 fully saturated rings. The van der Waals surface area contributed by atoms with Crippen molar-refractivity contribution in [3.63, 3.8) is 0 Å². The molecule has 0 radical (unpaired) electrons. The summed E-state index contributed by atoms with van der Waals surface area (Å²) in [5.41, 5.74) is 2.40. The highest BCUT2D eigenvalue weighted by Crippen LogP contribution is 2.01. The molecule has 2 aromatic rings. The third-order valence-corrected chi connectivity index (χ3v) is 2.43. The largest absolute Gasteiger partial charge is 0.307 e. The second kappa shape index (κ2) is 5.46. The van der Waals surface area contributed by atoms with Crippen LogP contribution in [0.15, 0.2) is 24.7 Å². The van der Waals surface area contributed by atoms with E-state index in [0.29, 0.717) is 0 Å². The van der Waals surface area contributed by atoms with E-state index in [2.05, 4.69) is 33.6 Å². The number of rotatable bonds is 6. The maximum atomic E-state index is 4.28. The van der Waals surface area contributed by atoms with Crippen LogP contribution in [0, 0.1) is 0 Å². The van der Waals surface area contributed by atoms with Gasteiger partial charge in [0.1, 0.15) is 0 Å². The Morgan fingerprint density at radius 2 is 2.38 bits per heavy atom. The van der Waals surface area contributed by atoms with E-state index in [4.69, 9.17) is 0 Å². The summed E-state index contributed by atoms with van der Waals surface area (Å²) in [7, 11) is 0. The monoisotopic (exact) mass is 219 g/mol. The van der Waals surface area contributed by atoms with E-state index in [1.54, 1.807) is 0 Å².